The number of esters is 1. The lowest BCUT2D eigenvalue weighted by molar-refractivity contribution is -0.138. The summed E-state index contributed by atoms with van der Waals surface area (Å²) < 4.78 is 13.1. The van der Waals surface area contributed by atoms with E-state index in [4.69, 9.17) is 26.2 Å². The third-order valence-electron chi connectivity index (χ3n) is 5.34. The van der Waals surface area contributed by atoms with Gasteiger partial charge >= 0.3 is 5.97 Å². The van der Waals surface area contributed by atoms with Gasteiger partial charge in [0.15, 0.2) is 0 Å². The van der Waals surface area contributed by atoms with Crippen LogP contribution in [0.3, 0.4) is 0 Å². The van der Waals surface area contributed by atoms with Gasteiger partial charge in [-0.1, -0.05) is 67.2 Å². The summed E-state index contributed by atoms with van der Waals surface area (Å²) in [6.07, 6.45) is 2.56. The van der Waals surface area contributed by atoms with Gasteiger partial charge < -0.3 is 14.8 Å². The minimum absolute atomic E-state index is 0.127. The lowest BCUT2D eigenvalue weighted by atomic mass is 9.96. The predicted octanol–water partition coefficient (Wildman–Crippen LogP) is 6.03. The number of nitrogens with one attached hydrogen (secondary N) is 1. The Kier molecular flexibility index (Phi) is 8.15. The van der Waals surface area contributed by atoms with Crippen molar-refractivity contribution >= 4 is 35.3 Å². The molecule has 1 N–H and O–H groups in total. The molecule has 1 unspecified atom stereocenters. The van der Waals surface area contributed by atoms with Crippen molar-refractivity contribution in [3.05, 3.63) is 88.6 Å². The van der Waals surface area contributed by atoms with E-state index in [1.165, 1.54) is 0 Å². The van der Waals surface area contributed by atoms with Crippen LogP contribution in [-0.2, 0) is 16.1 Å². The van der Waals surface area contributed by atoms with Gasteiger partial charge in [0.25, 0.3) is 0 Å². The molecule has 0 bridgehead atoms. The molecule has 0 amide bonds. The first-order valence-corrected chi connectivity index (χ1v) is 12.7. The number of thioether (sulfide) groups is 1. The second-order valence-corrected chi connectivity index (χ2v) is 9.45. The predicted molar refractivity (Wildman–Crippen MR) is 139 cm³/mol. The Labute approximate surface area is 214 Å². The summed E-state index contributed by atoms with van der Waals surface area (Å²) in [4.78, 5) is 17.6. The summed E-state index contributed by atoms with van der Waals surface area (Å²) in [5, 5.41) is 9.27. The molecule has 1 atom stereocenters. The van der Waals surface area contributed by atoms with E-state index in [9.17, 15) is 4.79 Å². The molecule has 1 aromatic heterocycles. The molecule has 7 nitrogen and oxygen atoms in total. The van der Waals surface area contributed by atoms with Crippen LogP contribution in [0.25, 0.3) is 0 Å². The van der Waals surface area contributed by atoms with Gasteiger partial charge in [0, 0.05) is 16.5 Å². The zero-order chi connectivity index (χ0) is 24.8. The first-order chi connectivity index (χ1) is 17.0. The molecule has 0 aliphatic carbocycles. The van der Waals surface area contributed by atoms with Crippen molar-refractivity contribution < 1.29 is 14.3 Å². The number of halogens is 1. The summed E-state index contributed by atoms with van der Waals surface area (Å²) in [6.45, 7) is 8.14. The molecular formula is C26H27ClN4O3S. The largest absolute Gasteiger partial charge is 0.489 e. The number of anilines is 1. The van der Waals surface area contributed by atoms with Crippen LogP contribution in [0.1, 0.15) is 37.4 Å². The van der Waals surface area contributed by atoms with E-state index >= 15 is 0 Å². The summed E-state index contributed by atoms with van der Waals surface area (Å²) in [7, 11) is 0. The number of rotatable bonds is 10. The average Bonchev–Trinajstić information content (AvgIpc) is 3.27. The molecule has 182 valence electrons. The Bertz CT molecular complexity index is 1220. The fourth-order valence-electron chi connectivity index (χ4n) is 3.66. The Balaban J connectivity index is 1.62. The molecule has 35 heavy (non-hydrogen) atoms. The van der Waals surface area contributed by atoms with E-state index in [2.05, 4.69) is 23.8 Å². The minimum atomic E-state index is -0.489. The molecular weight excluding hydrogens is 484 g/mol. The monoisotopic (exact) mass is 510 g/mol. The normalized spacial score (nSPS) is 14.8. The smallest absolute Gasteiger partial charge is 0.338 e. The lowest BCUT2D eigenvalue weighted by Gasteiger charge is -2.28. The van der Waals surface area contributed by atoms with Crippen LogP contribution >= 0.6 is 23.4 Å². The quantitative estimate of drug-likeness (QED) is 0.202. The molecule has 0 radical (unpaired) electrons. The number of hydrogen-bond donors (Lipinski definition) is 1. The van der Waals surface area contributed by atoms with Crippen LogP contribution in [0.5, 0.6) is 5.75 Å². The van der Waals surface area contributed by atoms with E-state index in [1.807, 2.05) is 55.5 Å². The fourth-order valence-corrected chi connectivity index (χ4v) is 4.47. The first-order valence-electron chi connectivity index (χ1n) is 11.3. The third-order valence-corrected chi connectivity index (χ3v) is 6.63. The van der Waals surface area contributed by atoms with E-state index in [0.29, 0.717) is 39.8 Å². The highest BCUT2D eigenvalue weighted by atomic mass is 35.5. The van der Waals surface area contributed by atoms with Gasteiger partial charge in [-0.15, -0.1) is 5.10 Å². The van der Waals surface area contributed by atoms with Crippen molar-refractivity contribution in [3.63, 3.8) is 0 Å². The lowest BCUT2D eigenvalue weighted by Crippen LogP contribution is -2.29. The van der Waals surface area contributed by atoms with E-state index in [0.717, 1.165) is 23.3 Å². The van der Waals surface area contributed by atoms with Gasteiger partial charge in [0.1, 0.15) is 25.0 Å². The molecule has 2 aromatic carbocycles. The number of hydrogen-bond acceptors (Lipinski definition) is 7. The van der Waals surface area contributed by atoms with Crippen molar-refractivity contribution in [2.75, 3.05) is 17.7 Å². The van der Waals surface area contributed by atoms with Gasteiger partial charge in [-0.25, -0.2) is 9.48 Å². The molecule has 0 fully saturated rings. The molecule has 0 spiro atoms. The van der Waals surface area contributed by atoms with E-state index in [-0.39, 0.29) is 6.61 Å². The van der Waals surface area contributed by atoms with Gasteiger partial charge in [-0.2, -0.15) is 4.98 Å². The number of carbonyl (C=O) groups excluding carboxylic acids is 1. The minimum Gasteiger partial charge on any atom is -0.489 e. The summed E-state index contributed by atoms with van der Waals surface area (Å²) in [5.41, 5.74) is 3.05. The van der Waals surface area contributed by atoms with Crippen LogP contribution < -0.4 is 10.1 Å². The molecule has 1 aliphatic rings. The van der Waals surface area contributed by atoms with Crippen LogP contribution in [0, 0.1) is 0 Å². The molecule has 3 aromatic rings. The maximum Gasteiger partial charge on any atom is 0.338 e. The topological polar surface area (TPSA) is 78.3 Å². The van der Waals surface area contributed by atoms with Crippen molar-refractivity contribution in [2.24, 2.45) is 0 Å². The first kappa shape index (κ1) is 24.9. The highest BCUT2D eigenvalue weighted by molar-refractivity contribution is 7.99. The van der Waals surface area contributed by atoms with E-state index < -0.39 is 12.0 Å². The standard InChI is InChI=1S/C26H27ClN4O3S/c1-4-14-33-24(32)22-17(3)28-25-29-26(35-15-5-2)30-31(25)23(22)19-8-12-21(13-9-19)34-16-18-6-10-20(27)11-7-18/h4,6-13,23H,1,5,14-16H2,2-3H3,(H,28,29,30). The Morgan fingerprint density at radius 1 is 1.23 bits per heavy atom. The zero-order valence-electron chi connectivity index (χ0n) is 19.7. The van der Waals surface area contributed by atoms with Crippen molar-refractivity contribution in [1.82, 2.24) is 14.8 Å². The number of allylic oxidation sites excluding steroid dienone is 1. The van der Waals surface area contributed by atoms with Gasteiger partial charge in [-0.3, -0.25) is 0 Å². The van der Waals surface area contributed by atoms with Crippen LogP contribution in [0.4, 0.5) is 5.95 Å². The third kappa shape index (κ3) is 5.89. The summed E-state index contributed by atoms with van der Waals surface area (Å²) >= 11 is 7.54. The second-order valence-electron chi connectivity index (χ2n) is 7.95. The van der Waals surface area contributed by atoms with Crippen LogP contribution in [-0.4, -0.2) is 33.1 Å². The van der Waals surface area contributed by atoms with Gasteiger partial charge in [-0.05, 0) is 48.7 Å². The number of ether oxygens (including phenoxy) is 2. The number of nitrogens with zero attached hydrogens (tertiary/aromatic N) is 3. The molecule has 0 saturated carbocycles. The van der Waals surface area contributed by atoms with Crippen molar-refractivity contribution in [1.29, 1.82) is 0 Å². The number of aromatic nitrogens is 3. The molecule has 4 rings (SSSR count). The highest BCUT2D eigenvalue weighted by Crippen LogP contribution is 2.37. The maximum absolute atomic E-state index is 13.0. The fraction of sp³-hybridized carbons (Fsp3) is 0.269. The summed E-state index contributed by atoms with van der Waals surface area (Å²) in [5.74, 6) is 1.79. The summed E-state index contributed by atoms with van der Waals surface area (Å²) in [6, 6.07) is 14.7. The Hall–Kier alpha value is -3.23. The van der Waals surface area contributed by atoms with Gasteiger partial charge in [0.05, 0.1) is 5.57 Å². The Morgan fingerprint density at radius 3 is 2.66 bits per heavy atom. The number of fused-ring (bicyclic) bond motifs is 1. The average molecular weight is 511 g/mol. The molecule has 0 saturated heterocycles. The van der Waals surface area contributed by atoms with Crippen molar-refractivity contribution in [2.45, 2.75) is 38.1 Å². The van der Waals surface area contributed by atoms with Crippen LogP contribution in [0.2, 0.25) is 5.02 Å². The van der Waals surface area contributed by atoms with Crippen LogP contribution in [0.15, 0.2) is 77.6 Å². The second kappa shape index (κ2) is 11.5. The molecule has 9 heteroatoms. The van der Waals surface area contributed by atoms with E-state index in [1.54, 1.807) is 22.5 Å². The van der Waals surface area contributed by atoms with Gasteiger partial charge in [0.2, 0.25) is 11.1 Å². The molecule has 1 aliphatic heterocycles. The maximum atomic E-state index is 13.0. The highest BCUT2D eigenvalue weighted by Gasteiger charge is 2.35. The van der Waals surface area contributed by atoms with Crippen molar-refractivity contribution in [3.8, 4) is 5.75 Å². The SMILES string of the molecule is C=CCOC(=O)C1=C(C)Nc2nc(SCCC)nn2C1c1ccc(OCc2ccc(Cl)cc2)cc1. The Morgan fingerprint density at radius 2 is 1.97 bits per heavy atom. The zero-order valence-corrected chi connectivity index (χ0v) is 21.2. The molecule has 2 heterocycles. The number of benzene rings is 2. The number of carbonyl (C=O) groups is 1.